The highest BCUT2D eigenvalue weighted by Gasteiger charge is 2.72. The van der Waals surface area contributed by atoms with Crippen molar-refractivity contribution in [3.8, 4) is 0 Å². The molecule has 0 saturated carbocycles. The molecule has 0 bridgehead atoms. The van der Waals surface area contributed by atoms with E-state index >= 15 is 0 Å². The van der Waals surface area contributed by atoms with Crippen LogP contribution in [0.3, 0.4) is 0 Å². The summed E-state index contributed by atoms with van der Waals surface area (Å²) in [7, 11) is -47.7. The first kappa shape index (κ1) is 98.7. The zero-order chi connectivity index (χ0) is 80.0. The molecule has 652 valence electrons. The van der Waals surface area contributed by atoms with Crippen molar-refractivity contribution in [3.63, 3.8) is 0 Å². The second-order valence-corrected chi connectivity index (χ2v) is 87.9. The Bertz CT molecular complexity index is 2390. The molecular weight excluding hydrogens is 1710 g/mol. The van der Waals surface area contributed by atoms with Crippen LogP contribution in [0.25, 0.3) is 0 Å². The second-order valence-electron chi connectivity index (χ2n) is 35.3. The van der Waals surface area contributed by atoms with Crippen molar-refractivity contribution < 1.29 is 138 Å². The van der Waals surface area contributed by atoms with Crippen molar-refractivity contribution in [2.45, 2.75) is 253 Å². The summed E-state index contributed by atoms with van der Waals surface area (Å²) in [4.78, 5) is 0. The summed E-state index contributed by atoms with van der Waals surface area (Å²) in [6.45, 7) is 49.1. The van der Waals surface area contributed by atoms with E-state index in [4.69, 9.17) is 138 Å². The molecule has 31 nitrogen and oxygen atoms in total. The van der Waals surface area contributed by atoms with Gasteiger partial charge in [0, 0.05) is 52.9 Å². The lowest BCUT2D eigenvalue weighted by atomic mass is 10.5. The summed E-state index contributed by atoms with van der Waals surface area (Å²) in [5.74, 6) is 0. The minimum atomic E-state index is -5.30. The monoisotopic (exact) mass is 1860 g/mol. The first-order valence-electron chi connectivity index (χ1n) is 41.1. The fourth-order valence-corrected chi connectivity index (χ4v) is 66.1. The van der Waals surface area contributed by atoms with Crippen LogP contribution in [0.15, 0.2) is 0 Å². The van der Waals surface area contributed by atoms with Gasteiger partial charge in [0.1, 0.15) is 59.3 Å². The zero-order valence-electron chi connectivity index (χ0n) is 70.8. The Balaban J connectivity index is 1.34. The topological polar surface area (TPSA) is 313 Å². The molecule has 111 heavy (non-hydrogen) atoms. The molecule has 0 N–H and O–H groups in total. The lowest BCUT2D eigenvalue weighted by Crippen LogP contribution is -2.76. The molecule has 8 fully saturated rings. The van der Waals surface area contributed by atoms with Gasteiger partial charge in [0.05, 0.1) is 106 Å². The normalized spacial score (nSPS) is 24.9. The number of hydrogen-bond acceptors (Lipinski definition) is 31. The fourth-order valence-electron chi connectivity index (χ4n) is 12.1. The Kier molecular flexibility index (Phi) is 43.1. The lowest BCUT2D eigenvalue weighted by Gasteiger charge is -2.50. The van der Waals surface area contributed by atoms with Gasteiger partial charge in [0.2, 0.25) is 0 Å². The maximum absolute atomic E-state index is 8.65. The van der Waals surface area contributed by atoms with Crippen molar-refractivity contribution in [1.82, 2.24) is 0 Å². The molecule has 0 amide bonds. The summed E-state index contributed by atoms with van der Waals surface area (Å²) in [5.41, 5.74) is 0. The molecule has 9 unspecified atom stereocenters. The molecule has 0 aromatic heterocycles. The van der Waals surface area contributed by atoms with E-state index in [0.29, 0.717) is 256 Å². The molecule has 9 atom stereocenters. The molecule has 0 radical (unpaired) electrons. The number of ether oxygens (including phenoxy) is 16. The minimum absolute atomic E-state index is 0.0966. The van der Waals surface area contributed by atoms with Crippen molar-refractivity contribution in [2.75, 3.05) is 159 Å². The van der Waals surface area contributed by atoms with Crippen molar-refractivity contribution in [1.29, 1.82) is 0 Å². The van der Waals surface area contributed by atoms with Gasteiger partial charge in [-0.15, -0.1) is 0 Å². The highest BCUT2D eigenvalue weighted by molar-refractivity contribution is 6.96. The molecule has 8 rings (SSSR count). The average Bonchev–Trinajstić information content (AvgIpc) is 1.51. The molecular formula is C64H146O31Si16. The predicted octanol–water partition coefficient (Wildman–Crippen LogP) is 5.62. The van der Waals surface area contributed by atoms with E-state index in [1.807, 2.05) is 0 Å². The van der Waals surface area contributed by atoms with Crippen molar-refractivity contribution >= 4 is 144 Å². The molecule has 8 saturated heterocycles. The van der Waals surface area contributed by atoms with Crippen LogP contribution in [0.2, 0.25) is 153 Å². The number of rotatable bonds is 77. The van der Waals surface area contributed by atoms with Gasteiger partial charge in [0.15, 0.2) is 66.5 Å². The Morgan fingerprint density at radius 1 is 0.261 bits per heavy atom. The standard InChI is InChI=1S/C64H146O31Si16/c1-101(2,33-17-25-65-41-57-49-73-57)85-100(84-99-83-98-82-97-81-96)86-109(87-102(3,4)34-18-26-66-42-58-50-74-58,88-103(5,6)35-19-27-67-43-59-51-75-59)94-111(92-107(13,14)39-23-31-71-47-63-55-79-63,93-108(15,16)40-24-32-72-48-64-56-80-64)95-110(89-104(7,8)36-20-28-68-44-60-52-76-60,90-105(9,10)37-21-29-69-45-61-53-77-61)91-106(11,12)38-22-30-70-46-62-54-78-62/h57-64,100H,17-56,97-99H2,1-16,96H3. The van der Waals surface area contributed by atoms with E-state index in [1.54, 1.807) is 0 Å². The van der Waals surface area contributed by atoms with Crippen LogP contribution >= 0.6 is 0 Å². The van der Waals surface area contributed by atoms with Crippen LogP contribution in [0.4, 0.5) is 0 Å². The smallest absolute Gasteiger partial charge is 0.449 e. The molecule has 47 heteroatoms. The SMILES string of the molecule is C[Si](C)(CCCOCC1CO1)O[SiH](O[SiH2]O[SiH2]O[SiH2]O[SiH3])O[Si](O[Si](C)(C)CCCOCC1CO1)(O[Si](C)(C)CCCOCC1CO1)O[Si](O[Si](C)(C)CCCOCC1CO1)(O[Si](C)(C)CCCOCC1CO1)O[Si](O[Si](C)(C)CCCOCC1CO1)(O[Si](C)(C)CCCOCC1CO1)O[Si](C)(C)CCCOCC1CO1. The van der Waals surface area contributed by atoms with Gasteiger partial charge < -0.3 is 138 Å². The predicted molar refractivity (Wildman–Crippen MR) is 456 cm³/mol. The summed E-state index contributed by atoms with van der Waals surface area (Å²) >= 11 is 0. The summed E-state index contributed by atoms with van der Waals surface area (Å²) < 4.78 is 211. The first-order chi connectivity index (χ1) is 52.6. The molecule has 8 heterocycles. The van der Waals surface area contributed by atoms with Crippen LogP contribution in [-0.4, -0.2) is 351 Å². The average molecular weight is 1860 g/mol. The quantitative estimate of drug-likeness (QED) is 0.0405. The third kappa shape index (κ3) is 47.1. The number of hydrogen-bond donors (Lipinski definition) is 0. The Labute approximate surface area is 688 Å². The zero-order valence-corrected chi connectivity index (χ0v) is 89.2. The van der Waals surface area contributed by atoms with Crippen LogP contribution in [0.1, 0.15) is 51.4 Å². The highest BCUT2D eigenvalue weighted by Crippen LogP contribution is 2.42. The van der Waals surface area contributed by atoms with Gasteiger partial charge in [-0.2, -0.15) is 0 Å². The molecule has 8 aliphatic heterocycles. The largest absolute Gasteiger partial charge is 0.646 e. The van der Waals surface area contributed by atoms with Crippen LogP contribution in [0, 0.1) is 0 Å². The lowest BCUT2D eigenvalue weighted by molar-refractivity contribution is 0.0244. The Morgan fingerprint density at radius 2 is 0.459 bits per heavy atom. The van der Waals surface area contributed by atoms with Crippen LogP contribution in [-0.2, 0) is 138 Å². The van der Waals surface area contributed by atoms with Crippen LogP contribution < -0.4 is 0 Å². The summed E-state index contributed by atoms with van der Waals surface area (Å²) in [5, 5.41) is 0. The maximum Gasteiger partial charge on any atom is 0.646 e. The van der Waals surface area contributed by atoms with Gasteiger partial charge >= 0.3 is 36.7 Å². The second kappa shape index (κ2) is 48.5. The van der Waals surface area contributed by atoms with E-state index < -0.39 is 133 Å². The van der Waals surface area contributed by atoms with E-state index in [1.165, 1.54) is 0 Å². The van der Waals surface area contributed by atoms with Gasteiger partial charge in [-0.25, -0.2) is 0 Å². The van der Waals surface area contributed by atoms with E-state index in [9.17, 15) is 0 Å². The van der Waals surface area contributed by atoms with Gasteiger partial charge in [-0.05, 0) is 204 Å². The van der Waals surface area contributed by atoms with Gasteiger partial charge in [0.25, 0.3) is 30.0 Å². The van der Waals surface area contributed by atoms with Crippen molar-refractivity contribution in [2.24, 2.45) is 0 Å². The molecule has 0 aromatic carbocycles. The minimum Gasteiger partial charge on any atom is -0.449 e. The maximum atomic E-state index is 8.65. The number of epoxide rings is 8. The van der Waals surface area contributed by atoms with Crippen molar-refractivity contribution in [3.05, 3.63) is 0 Å². The Hall–Kier alpha value is 2.23. The van der Waals surface area contributed by atoms with Gasteiger partial charge in [-0.1, -0.05) is 0 Å². The summed E-state index contributed by atoms with van der Waals surface area (Å²) in [6.07, 6.45) is 6.39. The van der Waals surface area contributed by atoms with Crippen LogP contribution in [0.5, 0.6) is 0 Å². The first-order valence-corrected chi connectivity index (χ1v) is 76.6. The third-order valence-electron chi connectivity index (χ3n) is 18.8. The fraction of sp³-hybridized carbons (Fsp3) is 1.00. The van der Waals surface area contributed by atoms with E-state index in [0.717, 1.165) is 12.5 Å². The molecule has 8 aliphatic rings. The highest BCUT2D eigenvalue weighted by atomic mass is 28.6. The molecule has 0 aromatic rings. The molecule has 0 spiro atoms. The Morgan fingerprint density at radius 3 is 0.685 bits per heavy atom. The van der Waals surface area contributed by atoms with E-state index in [2.05, 4.69) is 105 Å². The molecule has 0 aliphatic carbocycles. The van der Waals surface area contributed by atoms with Gasteiger partial charge in [-0.3, -0.25) is 0 Å². The van der Waals surface area contributed by atoms with E-state index in [-0.39, 0.29) is 48.8 Å². The summed E-state index contributed by atoms with van der Waals surface area (Å²) in [6, 6.07) is 5.14. The third-order valence-corrected chi connectivity index (χ3v) is 68.2.